The molecule has 2 aromatic rings. The third-order valence-corrected chi connectivity index (χ3v) is 6.34. The number of carbonyl (C=O) groups is 2. The fraction of sp³-hybridized carbons (Fsp3) is 0.385. The molecule has 2 aliphatic rings. The van der Waals surface area contributed by atoms with Crippen LogP contribution in [0.5, 0.6) is 11.5 Å². The number of ether oxygens (including phenoxy) is 5. The fourth-order valence-corrected chi connectivity index (χ4v) is 4.50. The molecule has 0 bridgehead atoms. The van der Waals surface area contributed by atoms with Crippen molar-refractivity contribution in [3.05, 3.63) is 70.2 Å². The Morgan fingerprint density at radius 1 is 1.17 bits per heavy atom. The molecule has 0 saturated heterocycles. The van der Waals surface area contributed by atoms with Crippen molar-refractivity contribution in [3.63, 3.8) is 0 Å². The predicted molar refractivity (Wildman–Crippen MR) is 131 cm³/mol. The van der Waals surface area contributed by atoms with Crippen LogP contribution in [0, 0.1) is 0 Å². The van der Waals surface area contributed by atoms with E-state index in [0.717, 1.165) is 15.6 Å². The SMILES string of the molecule is COCCOCOc1ccc2c(c1)O[C@@H]1[C@H](OC(C)=O)CC=CC(=O)N(Cc3ccc(Br)cc3)[C@@H]21. The first kappa shape index (κ1) is 25.2. The van der Waals surface area contributed by atoms with Gasteiger partial charge in [-0.1, -0.05) is 34.1 Å². The molecule has 0 aliphatic carbocycles. The molecule has 8 nitrogen and oxygen atoms in total. The van der Waals surface area contributed by atoms with Gasteiger partial charge >= 0.3 is 5.97 Å². The Balaban J connectivity index is 1.63. The van der Waals surface area contributed by atoms with Gasteiger partial charge in [-0.2, -0.15) is 0 Å². The van der Waals surface area contributed by atoms with Crippen LogP contribution in [0.1, 0.15) is 30.5 Å². The van der Waals surface area contributed by atoms with Crippen molar-refractivity contribution >= 4 is 27.8 Å². The lowest BCUT2D eigenvalue weighted by Gasteiger charge is -2.36. The van der Waals surface area contributed by atoms with E-state index in [-0.39, 0.29) is 12.7 Å². The number of methoxy groups -OCH3 is 1. The summed E-state index contributed by atoms with van der Waals surface area (Å²) in [6.45, 7) is 2.72. The highest BCUT2D eigenvalue weighted by Crippen LogP contribution is 2.45. The zero-order valence-corrected chi connectivity index (χ0v) is 21.2. The monoisotopic (exact) mass is 545 g/mol. The number of rotatable bonds is 9. The number of amides is 1. The van der Waals surface area contributed by atoms with Crippen LogP contribution in [0.15, 0.2) is 59.1 Å². The van der Waals surface area contributed by atoms with Crippen LogP contribution < -0.4 is 9.47 Å². The van der Waals surface area contributed by atoms with Gasteiger partial charge < -0.3 is 28.6 Å². The second-order valence-corrected chi connectivity index (χ2v) is 9.18. The van der Waals surface area contributed by atoms with Gasteiger partial charge in [0.2, 0.25) is 5.91 Å². The molecule has 2 heterocycles. The second kappa shape index (κ2) is 11.7. The van der Waals surface area contributed by atoms with Crippen LogP contribution in [-0.4, -0.2) is 56.1 Å². The molecule has 2 aliphatic heterocycles. The Hall–Kier alpha value is -2.88. The summed E-state index contributed by atoms with van der Waals surface area (Å²) in [5, 5.41) is 0. The average molecular weight is 546 g/mol. The maximum Gasteiger partial charge on any atom is 0.303 e. The summed E-state index contributed by atoms with van der Waals surface area (Å²) in [6.07, 6.45) is 2.54. The molecule has 0 spiro atoms. The zero-order valence-electron chi connectivity index (χ0n) is 19.6. The maximum atomic E-state index is 13.2. The van der Waals surface area contributed by atoms with Gasteiger partial charge in [0.15, 0.2) is 12.9 Å². The number of hydrogen-bond acceptors (Lipinski definition) is 7. The molecule has 0 saturated carbocycles. The predicted octanol–water partition coefficient (Wildman–Crippen LogP) is 4.17. The molecule has 0 radical (unpaired) electrons. The van der Waals surface area contributed by atoms with Crippen molar-refractivity contribution in [1.29, 1.82) is 0 Å². The quantitative estimate of drug-likeness (QED) is 0.265. The third kappa shape index (κ3) is 6.22. The smallest absolute Gasteiger partial charge is 0.303 e. The third-order valence-electron chi connectivity index (χ3n) is 5.82. The molecule has 0 fully saturated rings. The molecule has 4 rings (SSSR count). The average Bonchev–Trinajstić information content (AvgIpc) is 3.20. The van der Waals surface area contributed by atoms with Gasteiger partial charge in [-0.05, 0) is 35.9 Å². The lowest BCUT2D eigenvalue weighted by molar-refractivity contribution is -0.153. The van der Waals surface area contributed by atoms with Gasteiger partial charge in [0.05, 0.1) is 13.2 Å². The number of benzene rings is 2. The normalized spacial score (nSPS) is 20.9. The van der Waals surface area contributed by atoms with E-state index in [9.17, 15) is 9.59 Å². The van der Waals surface area contributed by atoms with Crippen LogP contribution in [0.25, 0.3) is 0 Å². The van der Waals surface area contributed by atoms with Crippen LogP contribution in [0.4, 0.5) is 0 Å². The van der Waals surface area contributed by atoms with Crippen LogP contribution >= 0.6 is 15.9 Å². The van der Waals surface area contributed by atoms with Gasteiger partial charge in [-0.25, -0.2) is 0 Å². The van der Waals surface area contributed by atoms with E-state index in [1.165, 1.54) is 6.92 Å². The summed E-state index contributed by atoms with van der Waals surface area (Å²) in [6, 6.07) is 12.9. The number of esters is 1. The van der Waals surface area contributed by atoms with Gasteiger partial charge in [-0.15, -0.1) is 0 Å². The fourth-order valence-electron chi connectivity index (χ4n) is 4.24. The first-order chi connectivity index (χ1) is 17.0. The highest BCUT2D eigenvalue weighted by Gasteiger charge is 2.46. The molecule has 3 atom stereocenters. The van der Waals surface area contributed by atoms with Crippen LogP contribution in [0.3, 0.4) is 0 Å². The van der Waals surface area contributed by atoms with Gasteiger partial charge in [0.25, 0.3) is 0 Å². The largest absolute Gasteiger partial charge is 0.483 e. The zero-order chi connectivity index (χ0) is 24.8. The first-order valence-electron chi connectivity index (χ1n) is 11.3. The number of halogens is 1. The summed E-state index contributed by atoms with van der Waals surface area (Å²) in [5.74, 6) is 0.628. The summed E-state index contributed by atoms with van der Waals surface area (Å²) in [4.78, 5) is 26.9. The molecule has 9 heteroatoms. The number of fused-ring (bicyclic) bond motifs is 3. The minimum atomic E-state index is -0.563. The van der Waals surface area contributed by atoms with Gasteiger partial charge in [-0.3, -0.25) is 9.59 Å². The molecule has 1 amide bonds. The van der Waals surface area contributed by atoms with E-state index < -0.39 is 24.2 Å². The highest BCUT2D eigenvalue weighted by molar-refractivity contribution is 9.10. The van der Waals surface area contributed by atoms with Crippen molar-refractivity contribution in [2.24, 2.45) is 0 Å². The van der Waals surface area contributed by atoms with Gasteiger partial charge in [0.1, 0.15) is 23.6 Å². The maximum absolute atomic E-state index is 13.2. The topological polar surface area (TPSA) is 83.5 Å². The van der Waals surface area contributed by atoms with E-state index in [0.29, 0.717) is 37.7 Å². The minimum Gasteiger partial charge on any atom is -0.483 e. The van der Waals surface area contributed by atoms with E-state index in [1.807, 2.05) is 36.4 Å². The summed E-state index contributed by atoms with van der Waals surface area (Å²) >= 11 is 3.45. The lowest BCUT2D eigenvalue weighted by Crippen LogP contribution is -2.46. The molecule has 0 N–H and O–H groups in total. The Labute approximate surface area is 212 Å². The van der Waals surface area contributed by atoms with Crippen molar-refractivity contribution in [3.8, 4) is 11.5 Å². The van der Waals surface area contributed by atoms with Crippen molar-refractivity contribution in [1.82, 2.24) is 4.90 Å². The molecule has 0 unspecified atom stereocenters. The van der Waals surface area contributed by atoms with E-state index in [4.69, 9.17) is 23.7 Å². The summed E-state index contributed by atoms with van der Waals surface area (Å²) < 4.78 is 28.9. The first-order valence-corrected chi connectivity index (χ1v) is 12.1. The van der Waals surface area contributed by atoms with E-state index in [1.54, 1.807) is 30.2 Å². The molecule has 186 valence electrons. The van der Waals surface area contributed by atoms with Crippen LogP contribution in [-0.2, 0) is 30.3 Å². The number of nitrogens with zero attached hydrogens (tertiary/aromatic N) is 1. The Morgan fingerprint density at radius 3 is 2.71 bits per heavy atom. The standard InChI is InChI=1S/C26H28BrNO7/c1-17(29)34-22-4-3-5-24(30)28(15-18-6-8-19(27)9-7-18)25-21-11-10-20(14-23(21)35-26(22)25)33-16-32-13-12-31-2/h3,5-11,14,22,25-26H,4,12-13,15-16H2,1-2H3/t22-,25+,26-/m1/s1. The number of carbonyl (C=O) groups excluding carboxylic acids is 2. The Bertz CT molecular complexity index is 1070. The van der Waals surface area contributed by atoms with E-state index in [2.05, 4.69) is 15.9 Å². The Kier molecular flexibility index (Phi) is 8.43. The van der Waals surface area contributed by atoms with Crippen molar-refractivity contribution in [2.45, 2.75) is 38.1 Å². The Morgan fingerprint density at radius 2 is 1.97 bits per heavy atom. The lowest BCUT2D eigenvalue weighted by atomic mass is 9.94. The van der Waals surface area contributed by atoms with Crippen molar-refractivity contribution in [2.75, 3.05) is 27.1 Å². The minimum absolute atomic E-state index is 0.0726. The van der Waals surface area contributed by atoms with E-state index >= 15 is 0 Å². The summed E-state index contributed by atoms with van der Waals surface area (Å²) in [7, 11) is 1.61. The molecular weight excluding hydrogens is 518 g/mol. The molecule has 2 aromatic carbocycles. The van der Waals surface area contributed by atoms with Crippen LogP contribution in [0.2, 0.25) is 0 Å². The number of hydrogen-bond donors (Lipinski definition) is 0. The van der Waals surface area contributed by atoms with Gasteiger partial charge in [0, 0.05) is 43.1 Å². The highest BCUT2D eigenvalue weighted by atomic mass is 79.9. The summed E-state index contributed by atoms with van der Waals surface area (Å²) in [5.41, 5.74) is 1.81. The molecule has 0 aromatic heterocycles. The second-order valence-electron chi connectivity index (χ2n) is 8.27. The van der Waals surface area contributed by atoms with Crippen molar-refractivity contribution < 1.29 is 33.3 Å². The molecular formula is C26H28BrNO7. The molecule has 35 heavy (non-hydrogen) atoms.